The fraction of sp³-hybridized carbons (Fsp3) is 0.267. The number of benzene rings is 1. The van der Waals surface area contributed by atoms with Crippen LogP contribution in [0.2, 0.25) is 0 Å². The number of pyridine rings is 1. The van der Waals surface area contributed by atoms with E-state index in [-0.39, 0.29) is 0 Å². The zero-order valence-electron chi connectivity index (χ0n) is 10.1. The van der Waals surface area contributed by atoms with Crippen LogP contribution in [0.3, 0.4) is 0 Å². The number of aromatic nitrogens is 1. The van der Waals surface area contributed by atoms with E-state index in [4.69, 9.17) is 0 Å². The molecule has 2 aromatic rings. The van der Waals surface area contributed by atoms with Crippen molar-refractivity contribution in [3.63, 3.8) is 0 Å². The Hall–Kier alpha value is -1.63. The predicted molar refractivity (Wildman–Crippen MR) is 68.5 cm³/mol. The van der Waals surface area contributed by atoms with Gasteiger partial charge < -0.3 is 0 Å². The maximum Gasteiger partial charge on any atom is 0.0438 e. The van der Waals surface area contributed by atoms with Gasteiger partial charge in [0, 0.05) is 11.4 Å². The normalized spacial score (nSPS) is 10.8. The summed E-state index contributed by atoms with van der Waals surface area (Å²) in [7, 11) is 0. The van der Waals surface area contributed by atoms with Crippen molar-refractivity contribution >= 4 is 0 Å². The van der Waals surface area contributed by atoms with Crippen LogP contribution >= 0.6 is 0 Å². The number of aryl methyl sites for hydroxylation is 1. The molecule has 0 unspecified atom stereocenters. The van der Waals surface area contributed by atoms with E-state index in [2.05, 4.69) is 62.2 Å². The number of hydrogen-bond acceptors (Lipinski definition) is 1. The summed E-state index contributed by atoms with van der Waals surface area (Å²) in [6.45, 7) is 6.41. The first kappa shape index (κ1) is 10.9. The van der Waals surface area contributed by atoms with Crippen molar-refractivity contribution in [3.8, 4) is 11.1 Å². The van der Waals surface area contributed by atoms with Crippen LogP contribution in [0.1, 0.15) is 31.2 Å². The van der Waals surface area contributed by atoms with Crippen LogP contribution in [-0.2, 0) is 0 Å². The average Bonchev–Trinajstić information content (AvgIpc) is 2.29. The van der Waals surface area contributed by atoms with Gasteiger partial charge in [-0.2, -0.15) is 0 Å². The fourth-order valence-corrected chi connectivity index (χ4v) is 1.79. The third-order valence-electron chi connectivity index (χ3n) is 2.67. The van der Waals surface area contributed by atoms with Crippen molar-refractivity contribution in [1.29, 1.82) is 0 Å². The van der Waals surface area contributed by atoms with Crippen LogP contribution in [0.5, 0.6) is 0 Å². The summed E-state index contributed by atoms with van der Waals surface area (Å²) in [5.74, 6) is 0.474. The lowest BCUT2D eigenvalue weighted by Crippen LogP contribution is -1.95. The molecule has 0 amide bonds. The second kappa shape index (κ2) is 4.48. The second-order valence-corrected chi connectivity index (χ2v) is 4.44. The van der Waals surface area contributed by atoms with Crippen LogP contribution in [0, 0.1) is 6.92 Å². The molecule has 0 spiro atoms. The molecule has 0 bridgehead atoms. The molecule has 1 nitrogen and oxygen atoms in total. The maximum atomic E-state index is 4.56. The van der Waals surface area contributed by atoms with E-state index in [9.17, 15) is 0 Å². The highest BCUT2D eigenvalue weighted by molar-refractivity contribution is 5.64. The topological polar surface area (TPSA) is 12.9 Å². The standard InChI is InChI=1S/C15H17N/c1-11(2)15-10-14(9-12(3)16-15)13-7-5-4-6-8-13/h4-11H,1-3H3. The van der Waals surface area contributed by atoms with Gasteiger partial charge in [0.2, 0.25) is 0 Å². The molecule has 0 aliphatic rings. The highest BCUT2D eigenvalue weighted by Crippen LogP contribution is 2.23. The lowest BCUT2D eigenvalue weighted by molar-refractivity contribution is 0.816. The first-order chi connectivity index (χ1) is 7.66. The Balaban J connectivity index is 2.50. The smallest absolute Gasteiger partial charge is 0.0438 e. The molecule has 2 rings (SSSR count). The Labute approximate surface area is 97.2 Å². The third-order valence-corrected chi connectivity index (χ3v) is 2.67. The molecular weight excluding hydrogens is 194 g/mol. The first-order valence-electron chi connectivity index (χ1n) is 5.71. The highest BCUT2D eigenvalue weighted by atomic mass is 14.7. The molecule has 82 valence electrons. The van der Waals surface area contributed by atoms with Gasteiger partial charge in [-0.05, 0) is 36.1 Å². The Bertz CT molecular complexity index is 472. The Morgan fingerprint density at radius 2 is 1.62 bits per heavy atom. The van der Waals surface area contributed by atoms with Gasteiger partial charge >= 0.3 is 0 Å². The summed E-state index contributed by atoms with van der Waals surface area (Å²) in [5.41, 5.74) is 4.77. The Morgan fingerprint density at radius 3 is 2.25 bits per heavy atom. The number of hydrogen-bond donors (Lipinski definition) is 0. The van der Waals surface area contributed by atoms with Crippen molar-refractivity contribution in [1.82, 2.24) is 4.98 Å². The van der Waals surface area contributed by atoms with Gasteiger partial charge in [-0.1, -0.05) is 44.2 Å². The highest BCUT2D eigenvalue weighted by Gasteiger charge is 2.05. The fourth-order valence-electron chi connectivity index (χ4n) is 1.79. The van der Waals surface area contributed by atoms with Crippen LogP contribution in [0.15, 0.2) is 42.5 Å². The molecule has 1 heteroatoms. The van der Waals surface area contributed by atoms with Crippen molar-refractivity contribution < 1.29 is 0 Å². The summed E-state index contributed by atoms with van der Waals surface area (Å²) >= 11 is 0. The number of rotatable bonds is 2. The molecule has 0 radical (unpaired) electrons. The molecule has 16 heavy (non-hydrogen) atoms. The van der Waals surface area contributed by atoms with Gasteiger partial charge in [-0.15, -0.1) is 0 Å². The molecule has 0 saturated heterocycles. The minimum Gasteiger partial charge on any atom is -0.258 e. The van der Waals surface area contributed by atoms with E-state index in [0.717, 1.165) is 5.69 Å². The molecule has 0 aliphatic heterocycles. The van der Waals surface area contributed by atoms with Gasteiger partial charge in [0.1, 0.15) is 0 Å². The summed E-state index contributed by atoms with van der Waals surface area (Å²) in [6.07, 6.45) is 0. The lowest BCUT2D eigenvalue weighted by atomic mass is 10.0. The summed E-state index contributed by atoms with van der Waals surface area (Å²) in [4.78, 5) is 4.56. The van der Waals surface area contributed by atoms with Crippen molar-refractivity contribution in [2.45, 2.75) is 26.7 Å². The zero-order chi connectivity index (χ0) is 11.5. The molecule has 0 atom stereocenters. The molecular formula is C15H17N. The van der Waals surface area contributed by atoms with Gasteiger partial charge in [0.15, 0.2) is 0 Å². The predicted octanol–water partition coefficient (Wildman–Crippen LogP) is 4.18. The van der Waals surface area contributed by atoms with Gasteiger partial charge in [0.25, 0.3) is 0 Å². The van der Waals surface area contributed by atoms with Crippen LogP contribution in [0.25, 0.3) is 11.1 Å². The van der Waals surface area contributed by atoms with Gasteiger partial charge in [0.05, 0.1) is 0 Å². The van der Waals surface area contributed by atoms with Crippen molar-refractivity contribution in [2.24, 2.45) is 0 Å². The van der Waals surface area contributed by atoms with Crippen LogP contribution in [-0.4, -0.2) is 4.98 Å². The maximum absolute atomic E-state index is 4.56. The summed E-state index contributed by atoms with van der Waals surface area (Å²) < 4.78 is 0. The van der Waals surface area contributed by atoms with Crippen molar-refractivity contribution in [2.75, 3.05) is 0 Å². The average molecular weight is 211 g/mol. The van der Waals surface area contributed by atoms with Crippen molar-refractivity contribution in [3.05, 3.63) is 53.9 Å². The molecule has 1 heterocycles. The molecule has 1 aromatic heterocycles. The summed E-state index contributed by atoms with van der Waals surface area (Å²) in [5, 5.41) is 0. The van der Waals surface area contributed by atoms with E-state index in [1.165, 1.54) is 16.8 Å². The first-order valence-corrected chi connectivity index (χ1v) is 5.71. The molecule has 0 N–H and O–H groups in total. The number of nitrogens with zero attached hydrogens (tertiary/aromatic N) is 1. The lowest BCUT2D eigenvalue weighted by Gasteiger charge is -2.09. The van der Waals surface area contributed by atoms with Crippen LogP contribution < -0.4 is 0 Å². The quantitative estimate of drug-likeness (QED) is 0.726. The molecule has 0 saturated carbocycles. The van der Waals surface area contributed by atoms with Crippen LogP contribution in [0.4, 0.5) is 0 Å². The Morgan fingerprint density at radius 1 is 0.938 bits per heavy atom. The molecule has 0 fully saturated rings. The minimum atomic E-state index is 0.474. The van der Waals surface area contributed by atoms with Gasteiger partial charge in [-0.3, -0.25) is 4.98 Å². The van der Waals surface area contributed by atoms with Gasteiger partial charge in [-0.25, -0.2) is 0 Å². The van der Waals surface area contributed by atoms with E-state index >= 15 is 0 Å². The minimum absolute atomic E-state index is 0.474. The SMILES string of the molecule is Cc1cc(-c2ccccc2)cc(C(C)C)n1. The third kappa shape index (κ3) is 2.30. The molecule has 1 aromatic carbocycles. The van der Waals surface area contributed by atoms with E-state index < -0.39 is 0 Å². The monoisotopic (exact) mass is 211 g/mol. The zero-order valence-corrected chi connectivity index (χ0v) is 10.1. The van der Waals surface area contributed by atoms with E-state index in [1.54, 1.807) is 0 Å². The van der Waals surface area contributed by atoms with E-state index in [0.29, 0.717) is 5.92 Å². The largest absolute Gasteiger partial charge is 0.258 e. The second-order valence-electron chi connectivity index (χ2n) is 4.44. The summed E-state index contributed by atoms with van der Waals surface area (Å²) in [6, 6.07) is 14.8. The Kier molecular flexibility index (Phi) is 3.04. The molecule has 0 aliphatic carbocycles. The van der Waals surface area contributed by atoms with E-state index in [1.807, 2.05) is 6.07 Å².